The third-order valence-corrected chi connectivity index (χ3v) is 11.2. The molecule has 1 aliphatic heterocycles. The van der Waals surface area contributed by atoms with E-state index < -0.39 is 0 Å². The van der Waals surface area contributed by atoms with Gasteiger partial charge in [-0.05, 0) is 34.4 Å². The lowest BCUT2D eigenvalue weighted by Crippen LogP contribution is -2.32. The number of aliphatic imine (C=N–C) groups is 1. The van der Waals surface area contributed by atoms with Crippen molar-refractivity contribution in [3.8, 4) is 56.2 Å². The summed E-state index contributed by atoms with van der Waals surface area (Å²) in [5, 5.41) is 4.86. The van der Waals surface area contributed by atoms with Crippen molar-refractivity contribution in [3.63, 3.8) is 0 Å². The Bertz CT molecular complexity index is 2800. The number of benzene rings is 6. The van der Waals surface area contributed by atoms with Crippen LogP contribution in [0.15, 0.2) is 193 Å². The summed E-state index contributed by atoms with van der Waals surface area (Å²) in [5.74, 6) is 1.51. The minimum Gasteiger partial charge on any atom is -0.358 e. The van der Waals surface area contributed by atoms with Gasteiger partial charge in [-0.3, -0.25) is 0 Å². The third-order valence-electron chi connectivity index (χ3n) is 10.1. The Morgan fingerprint density at radius 2 is 0.945 bits per heavy atom. The Morgan fingerprint density at radius 3 is 1.55 bits per heavy atom. The van der Waals surface area contributed by atoms with E-state index in [0.29, 0.717) is 5.82 Å². The number of aromatic nitrogens is 3. The predicted molar refractivity (Wildman–Crippen MR) is 226 cm³/mol. The molecule has 260 valence electrons. The van der Waals surface area contributed by atoms with E-state index in [0.717, 1.165) is 71.4 Å². The molecule has 0 radical (unpaired) electrons. The van der Waals surface area contributed by atoms with E-state index >= 15 is 0 Å². The van der Waals surface area contributed by atoms with Gasteiger partial charge in [0.1, 0.15) is 10.7 Å². The molecule has 1 N–H and O–H groups in total. The molecular weight excluding hydrogens is 691 g/mol. The number of pyridine rings is 1. The Hall–Kier alpha value is -7.02. The average molecular weight is 724 g/mol. The molecule has 6 aromatic carbocycles. The molecular formula is C49H33N5S. The summed E-state index contributed by atoms with van der Waals surface area (Å²) in [4.78, 5) is 22.5. The Balaban J connectivity index is 1.04. The number of rotatable bonds is 7. The molecule has 0 spiro atoms. The number of fused-ring (bicyclic) bond motifs is 3. The molecule has 0 saturated heterocycles. The standard InChI is InChI=1S/C49H33N5S/c1-5-13-32(14-6-1)34-21-23-35(24-22-34)42-30-43(52-47(51-42)38-19-11-4-12-20-38)36-25-27-39(28-26-36)48-53-44(37-17-9-3-10-18-37)46-45(54-48)41-29-40(31-50-49(41)55-46)33-15-7-2-8-16-33/h1-31,44H,(H,53,54). The average Bonchev–Trinajstić information content (AvgIpc) is 3.65. The van der Waals surface area contributed by atoms with E-state index in [9.17, 15) is 0 Å². The van der Waals surface area contributed by atoms with Gasteiger partial charge in [-0.25, -0.2) is 19.9 Å². The summed E-state index contributed by atoms with van der Waals surface area (Å²) in [5.41, 5.74) is 12.5. The molecule has 9 aromatic rings. The van der Waals surface area contributed by atoms with E-state index in [2.05, 4.69) is 157 Å². The van der Waals surface area contributed by atoms with Crippen LogP contribution in [-0.4, -0.2) is 20.8 Å². The number of nitrogens with zero attached hydrogens (tertiary/aromatic N) is 4. The molecule has 6 heteroatoms. The van der Waals surface area contributed by atoms with Gasteiger partial charge in [0.15, 0.2) is 5.82 Å². The molecule has 1 aliphatic rings. The highest BCUT2D eigenvalue weighted by molar-refractivity contribution is 7.19. The molecule has 5 nitrogen and oxygen atoms in total. The monoisotopic (exact) mass is 723 g/mol. The second-order valence-electron chi connectivity index (χ2n) is 13.6. The number of hydrogen-bond donors (Lipinski definition) is 1. The second kappa shape index (κ2) is 14.1. The van der Waals surface area contributed by atoms with E-state index in [4.69, 9.17) is 19.9 Å². The van der Waals surface area contributed by atoms with Gasteiger partial charge in [0.05, 0.1) is 28.0 Å². The largest absolute Gasteiger partial charge is 0.358 e. The number of hydrogen-bond acceptors (Lipinski definition) is 6. The first-order chi connectivity index (χ1) is 27.2. The number of amidine groups is 1. The Labute approximate surface area is 323 Å². The van der Waals surface area contributed by atoms with Crippen LogP contribution < -0.4 is 5.32 Å². The normalized spacial score (nSPS) is 13.5. The molecule has 0 aliphatic carbocycles. The molecule has 55 heavy (non-hydrogen) atoms. The zero-order valence-corrected chi connectivity index (χ0v) is 30.5. The lowest BCUT2D eigenvalue weighted by atomic mass is 9.99. The van der Waals surface area contributed by atoms with Crippen molar-refractivity contribution >= 4 is 33.1 Å². The SMILES string of the molecule is c1ccc(-c2ccc(-c3cc(-c4ccc(C5=Nc6c(sc7ncc(-c8ccccc8)cc67)C(c6ccccc6)N5)cc4)nc(-c4ccccc4)n3)cc2)cc1. The van der Waals surface area contributed by atoms with Gasteiger partial charge in [0.2, 0.25) is 0 Å². The first kappa shape index (κ1) is 32.6. The fourth-order valence-corrected chi connectivity index (χ4v) is 8.33. The van der Waals surface area contributed by atoms with E-state index in [-0.39, 0.29) is 6.04 Å². The van der Waals surface area contributed by atoms with Crippen molar-refractivity contribution in [2.45, 2.75) is 6.04 Å². The van der Waals surface area contributed by atoms with E-state index in [1.807, 2.05) is 36.5 Å². The van der Waals surface area contributed by atoms with Crippen LogP contribution in [0.3, 0.4) is 0 Å². The molecule has 4 heterocycles. The number of thiophene rings is 1. The molecule has 3 aromatic heterocycles. The summed E-state index contributed by atoms with van der Waals surface area (Å²) in [6.45, 7) is 0. The van der Waals surface area contributed by atoms with Crippen LogP contribution in [0.5, 0.6) is 0 Å². The topological polar surface area (TPSA) is 63.1 Å². The molecule has 1 atom stereocenters. The lowest BCUT2D eigenvalue weighted by Gasteiger charge is -2.25. The maximum atomic E-state index is 5.30. The molecule has 1 unspecified atom stereocenters. The van der Waals surface area contributed by atoms with Gasteiger partial charge in [-0.2, -0.15) is 0 Å². The Kier molecular flexibility index (Phi) is 8.35. The van der Waals surface area contributed by atoms with Crippen molar-refractivity contribution in [2.24, 2.45) is 4.99 Å². The van der Waals surface area contributed by atoms with E-state index in [1.54, 1.807) is 11.3 Å². The van der Waals surface area contributed by atoms with Gasteiger partial charge in [0, 0.05) is 39.4 Å². The zero-order valence-electron chi connectivity index (χ0n) is 29.7. The third kappa shape index (κ3) is 6.39. The molecule has 0 saturated carbocycles. The van der Waals surface area contributed by atoms with Crippen molar-refractivity contribution in [3.05, 3.63) is 204 Å². The van der Waals surface area contributed by atoms with Crippen LogP contribution in [0.1, 0.15) is 22.0 Å². The van der Waals surface area contributed by atoms with Crippen molar-refractivity contribution < 1.29 is 0 Å². The molecule has 10 rings (SSSR count). The van der Waals surface area contributed by atoms with Crippen LogP contribution in [0.4, 0.5) is 5.69 Å². The Morgan fingerprint density at radius 1 is 0.455 bits per heavy atom. The number of nitrogens with one attached hydrogen (secondary N) is 1. The van der Waals surface area contributed by atoms with Gasteiger partial charge in [-0.15, -0.1) is 11.3 Å². The highest BCUT2D eigenvalue weighted by Gasteiger charge is 2.29. The molecule has 0 fully saturated rings. The lowest BCUT2D eigenvalue weighted by molar-refractivity contribution is 0.766. The first-order valence-corrected chi connectivity index (χ1v) is 19.1. The molecule has 0 bridgehead atoms. The second-order valence-corrected chi connectivity index (χ2v) is 14.6. The van der Waals surface area contributed by atoms with Gasteiger partial charge < -0.3 is 5.32 Å². The van der Waals surface area contributed by atoms with Crippen molar-refractivity contribution in [2.75, 3.05) is 0 Å². The van der Waals surface area contributed by atoms with Crippen molar-refractivity contribution in [1.82, 2.24) is 20.3 Å². The maximum absolute atomic E-state index is 5.30. The maximum Gasteiger partial charge on any atom is 0.160 e. The summed E-state index contributed by atoms with van der Waals surface area (Å²) in [6, 6.07) is 63.0. The first-order valence-electron chi connectivity index (χ1n) is 18.3. The summed E-state index contributed by atoms with van der Waals surface area (Å²) in [6.07, 6.45) is 1.97. The predicted octanol–water partition coefficient (Wildman–Crippen LogP) is 12.2. The van der Waals surface area contributed by atoms with Crippen LogP contribution in [0.2, 0.25) is 0 Å². The van der Waals surface area contributed by atoms with Gasteiger partial charge in [0.25, 0.3) is 0 Å². The quantitative estimate of drug-likeness (QED) is 0.178. The minimum atomic E-state index is -0.0612. The molecule has 0 amide bonds. The van der Waals surface area contributed by atoms with Gasteiger partial charge in [-0.1, -0.05) is 170 Å². The smallest absolute Gasteiger partial charge is 0.160 e. The zero-order chi connectivity index (χ0) is 36.6. The highest BCUT2D eigenvalue weighted by Crippen LogP contribution is 2.46. The van der Waals surface area contributed by atoms with Gasteiger partial charge >= 0.3 is 0 Å². The van der Waals surface area contributed by atoms with Crippen LogP contribution >= 0.6 is 11.3 Å². The summed E-state index contributed by atoms with van der Waals surface area (Å²) >= 11 is 1.71. The fourth-order valence-electron chi connectivity index (χ4n) is 7.18. The fraction of sp³-hybridized carbons (Fsp3) is 0.0204. The van der Waals surface area contributed by atoms with E-state index in [1.165, 1.54) is 16.7 Å². The minimum absolute atomic E-state index is 0.0612. The highest BCUT2D eigenvalue weighted by atomic mass is 32.1. The van der Waals surface area contributed by atoms with Crippen LogP contribution in [0.25, 0.3) is 66.4 Å². The summed E-state index contributed by atoms with van der Waals surface area (Å²) < 4.78 is 0. The van der Waals surface area contributed by atoms with Crippen molar-refractivity contribution in [1.29, 1.82) is 0 Å². The van der Waals surface area contributed by atoms with Crippen LogP contribution in [-0.2, 0) is 0 Å². The summed E-state index contributed by atoms with van der Waals surface area (Å²) in [7, 11) is 0. The van der Waals surface area contributed by atoms with Crippen LogP contribution in [0, 0.1) is 0 Å².